The first kappa shape index (κ1) is 21.9. The van der Waals surface area contributed by atoms with Crippen LogP contribution < -0.4 is 5.32 Å². The Balaban J connectivity index is 1.57. The number of nitrogens with zero attached hydrogens (tertiary/aromatic N) is 1. The number of esters is 1. The summed E-state index contributed by atoms with van der Waals surface area (Å²) in [5.74, 6) is -1.00. The summed E-state index contributed by atoms with van der Waals surface area (Å²) in [7, 11) is 0. The molecule has 2 aromatic rings. The molecule has 30 heavy (non-hydrogen) atoms. The van der Waals surface area contributed by atoms with Gasteiger partial charge in [-0.2, -0.15) is 0 Å². The number of aromatic amines is 1. The lowest BCUT2D eigenvalue weighted by atomic mass is 9.93. The highest BCUT2D eigenvalue weighted by atomic mass is 16.5. The van der Waals surface area contributed by atoms with Crippen LogP contribution in [0.1, 0.15) is 44.9 Å². The van der Waals surface area contributed by atoms with E-state index >= 15 is 0 Å². The predicted octanol–water partition coefficient (Wildman–Crippen LogP) is 2.78. The molecule has 0 bridgehead atoms. The maximum atomic E-state index is 12.7. The van der Waals surface area contributed by atoms with Gasteiger partial charge in [-0.1, -0.05) is 32.0 Å². The molecular formula is C23H31N3O4. The van der Waals surface area contributed by atoms with Crippen molar-refractivity contribution in [2.75, 3.05) is 19.7 Å². The van der Waals surface area contributed by atoms with Gasteiger partial charge in [-0.25, -0.2) is 0 Å². The largest absolute Gasteiger partial charge is 0.466 e. The third-order valence-electron chi connectivity index (χ3n) is 5.49. The van der Waals surface area contributed by atoms with Crippen LogP contribution in [0.5, 0.6) is 0 Å². The van der Waals surface area contributed by atoms with E-state index in [4.69, 9.17) is 4.74 Å². The average Bonchev–Trinajstić information content (AvgIpc) is 3.08. The Hall–Kier alpha value is -2.83. The molecule has 7 nitrogen and oxygen atoms in total. The Kier molecular flexibility index (Phi) is 7.13. The number of ether oxygens (including phenoxy) is 1. The quantitative estimate of drug-likeness (QED) is 0.651. The zero-order valence-electron chi connectivity index (χ0n) is 18.0. The lowest BCUT2D eigenvalue weighted by Gasteiger charge is -2.27. The van der Waals surface area contributed by atoms with E-state index in [1.807, 2.05) is 32.0 Å². The molecule has 3 rings (SSSR count). The predicted molar refractivity (Wildman–Crippen MR) is 115 cm³/mol. The molecule has 162 valence electrons. The first-order valence-corrected chi connectivity index (χ1v) is 10.7. The monoisotopic (exact) mass is 413 g/mol. The van der Waals surface area contributed by atoms with Crippen LogP contribution in [0.2, 0.25) is 0 Å². The summed E-state index contributed by atoms with van der Waals surface area (Å²) in [6, 6.07) is 8.15. The van der Waals surface area contributed by atoms with Gasteiger partial charge >= 0.3 is 5.97 Å². The molecule has 1 aromatic heterocycles. The number of benzene rings is 1. The molecule has 2 heterocycles. The third kappa shape index (κ3) is 5.20. The Bertz CT molecular complexity index is 918. The molecule has 2 N–H and O–H groups in total. The number of nitrogens with one attached hydrogen (secondary N) is 2. The zero-order chi connectivity index (χ0) is 21.7. The standard InChI is InChI=1S/C23H31N3O4/c1-4-30-22(28)12-16(11-15(2)3)23(29)24-13-21(27)26-10-9-18-17-7-5-6-8-19(17)25-20(18)14-26/h5-8,15-16,25H,4,9-14H2,1-3H3,(H,24,29). The number of aromatic nitrogens is 1. The number of hydrogen-bond acceptors (Lipinski definition) is 4. The molecule has 1 atom stereocenters. The number of amides is 2. The van der Waals surface area contributed by atoms with Crippen LogP contribution in [0.25, 0.3) is 10.9 Å². The van der Waals surface area contributed by atoms with Crippen molar-refractivity contribution in [3.63, 3.8) is 0 Å². The van der Waals surface area contributed by atoms with Crippen LogP contribution in [0.4, 0.5) is 0 Å². The number of carbonyl (C=O) groups excluding carboxylic acids is 3. The molecule has 1 aliphatic rings. The SMILES string of the molecule is CCOC(=O)CC(CC(C)C)C(=O)NCC(=O)N1CCc2c([nH]c3ccccc23)C1. The second kappa shape index (κ2) is 9.78. The molecule has 0 saturated heterocycles. The van der Waals surface area contributed by atoms with Crippen molar-refractivity contribution in [1.29, 1.82) is 0 Å². The van der Waals surface area contributed by atoms with Gasteiger partial charge in [0.2, 0.25) is 11.8 Å². The van der Waals surface area contributed by atoms with Crippen molar-refractivity contribution < 1.29 is 19.1 Å². The highest BCUT2D eigenvalue weighted by Gasteiger charge is 2.27. The Morgan fingerprint density at radius 1 is 1.23 bits per heavy atom. The summed E-state index contributed by atoms with van der Waals surface area (Å²) >= 11 is 0. The molecule has 1 aliphatic heterocycles. The van der Waals surface area contributed by atoms with E-state index in [0.29, 0.717) is 19.5 Å². The van der Waals surface area contributed by atoms with Crippen molar-refractivity contribution in [2.45, 2.75) is 46.6 Å². The minimum Gasteiger partial charge on any atom is -0.466 e. The van der Waals surface area contributed by atoms with Gasteiger partial charge in [0.05, 0.1) is 26.1 Å². The molecular weight excluding hydrogens is 382 g/mol. The lowest BCUT2D eigenvalue weighted by Crippen LogP contribution is -2.44. The van der Waals surface area contributed by atoms with Crippen LogP contribution in [0.15, 0.2) is 24.3 Å². The number of hydrogen-bond donors (Lipinski definition) is 2. The molecule has 0 saturated carbocycles. The Morgan fingerprint density at radius 2 is 2.00 bits per heavy atom. The second-order valence-electron chi connectivity index (χ2n) is 8.25. The minimum absolute atomic E-state index is 0.0359. The van der Waals surface area contributed by atoms with E-state index in [1.54, 1.807) is 11.8 Å². The van der Waals surface area contributed by atoms with Crippen molar-refractivity contribution in [3.8, 4) is 0 Å². The van der Waals surface area contributed by atoms with Crippen LogP contribution >= 0.6 is 0 Å². The van der Waals surface area contributed by atoms with E-state index < -0.39 is 5.92 Å². The molecule has 0 aliphatic carbocycles. The van der Waals surface area contributed by atoms with Crippen molar-refractivity contribution in [2.24, 2.45) is 11.8 Å². The van der Waals surface area contributed by atoms with E-state index in [2.05, 4.69) is 16.4 Å². The van der Waals surface area contributed by atoms with Gasteiger partial charge in [0.25, 0.3) is 0 Å². The molecule has 0 fully saturated rings. The smallest absolute Gasteiger partial charge is 0.306 e. The van der Waals surface area contributed by atoms with E-state index in [9.17, 15) is 14.4 Å². The van der Waals surface area contributed by atoms with Crippen LogP contribution in [-0.2, 0) is 32.1 Å². The molecule has 1 aromatic carbocycles. The third-order valence-corrected chi connectivity index (χ3v) is 5.49. The summed E-state index contributed by atoms with van der Waals surface area (Å²) in [5.41, 5.74) is 3.41. The van der Waals surface area contributed by atoms with Crippen molar-refractivity contribution >= 4 is 28.7 Å². The van der Waals surface area contributed by atoms with Gasteiger partial charge in [-0.3, -0.25) is 14.4 Å². The fraction of sp³-hybridized carbons (Fsp3) is 0.522. The van der Waals surface area contributed by atoms with E-state index in [0.717, 1.165) is 17.6 Å². The lowest BCUT2D eigenvalue weighted by molar-refractivity contribution is -0.146. The fourth-order valence-electron chi connectivity index (χ4n) is 4.10. The fourth-order valence-corrected chi connectivity index (χ4v) is 4.10. The zero-order valence-corrected chi connectivity index (χ0v) is 18.0. The second-order valence-corrected chi connectivity index (χ2v) is 8.25. The van der Waals surface area contributed by atoms with Gasteiger partial charge in [0, 0.05) is 29.1 Å². The van der Waals surface area contributed by atoms with Gasteiger partial charge in [0.15, 0.2) is 0 Å². The topological polar surface area (TPSA) is 91.5 Å². The maximum Gasteiger partial charge on any atom is 0.306 e. The minimum atomic E-state index is -0.487. The highest BCUT2D eigenvalue weighted by Crippen LogP contribution is 2.27. The maximum absolute atomic E-state index is 12.7. The van der Waals surface area contributed by atoms with Crippen LogP contribution in [0.3, 0.4) is 0 Å². The summed E-state index contributed by atoms with van der Waals surface area (Å²) in [6.45, 7) is 7.11. The molecule has 0 spiro atoms. The first-order chi connectivity index (χ1) is 14.4. The van der Waals surface area contributed by atoms with Gasteiger partial charge in [-0.15, -0.1) is 0 Å². The number of H-pyrrole nitrogens is 1. The van der Waals surface area contributed by atoms with Crippen molar-refractivity contribution in [1.82, 2.24) is 15.2 Å². The molecule has 7 heteroatoms. The highest BCUT2D eigenvalue weighted by molar-refractivity contribution is 5.89. The van der Waals surface area contributed by atoms with Gasteiger partial charge in [0.1, 0.15) is 0 Å². The number of fused-ring (bicyclic) bond motifs is 3. The summed E-state index contributed by atoms with van der Waals surface area (Å²) in [5, 5.41) is 3.95. The molecule has 0 radical (unpaired) electrons. The summed E-state index contributed by atoms with van der Waals surface area (Å²) in [4.78, 5) is 42.3. The van der Waals surface area contributed by atoms with Crippen molar-refractivity contribution in [3.05, 3.63) is 35.5 Å². The normalized spacial score (nSPS) is 14.5. The summed E-state index contributed by atoms with van der Waals surface area (Å²) < 4.78 is 4.99. The van der Waals surface area contributed by atoms with E-state index in [1.165, 1.54) is 10.9 Å². The van der Waals surface area contributed by atoms with Gasteiger partial charge in [-0.05, 0) is 37.3 Å². The van der Waals surface area contributed by atoms with Crippen LogP contribution in [0, 0.1) is 11.8 Å². The first-order valence-electron chi connectivity index (χ1n) is 10.7. The number of carbonyl (C=O) groups is 3. The van der Waals surface area contributed by atoms with Gasteiger partial charge < -0.3 is 19.9 Å². The Morgan fingerprint density at radius 3 is 2.73 bits per heavy atom. The number of para-hydroxylation sites is 1. The Labute approximate surface area is 177 Å². The van der Waals surface area contributed by atoms with E-state index in [-0.39, 0.29) is 43.3 Å². The number of rotatable bonds is 8. The molecule has 2 amide bonds. The molecule has 1 unspecified atom stereocenters. The van der Waals surface area contributed by atoms with Crippen LogP contribution in [-0.4, -0.2) is 47.4 Å². The average molecular weight is 414 g/mol. The summed E-state index contributed by atoms with van der Waals surface area (Å²) in [6.07, 6.45) is 1.40.